The molecule has 0 saturated heterocycles. The number of nitrogens with zero attached hydrogens (tertiary/aromatic N) is 1. The van der Waals surface area contributed by atoms with E-state index in [0.717, 1.165) is 16.8 Å². The fourth-order valence-corrected chi connectivity index (χ4v) is 3.25. The summed E-state index contributed by atoms with van der Waals surface area (Å²) in [5, 5.41) is 0.133. The van der Waals surface area contributed by atoms with Gasteiger partial charge in [0.2, 0.25) is 0 Å². The maximum atomic E-state index is 12.5. The molecule has 1 aromatic carbocycles. The van der Waals surface area contributed by atoms with Crippen LogP contribution in [0.5, 0.6) is 0 Å². The van der Waals surface area contributed by atoms with Gasteiger partial charge in [0.05, 0.1) is 17.1 Å². The van der Waals surface area contributed by atoms with E-state index in [9.17, 15) is 4.21 Å². The minimum absolute atomic E-state index is 0.133. The van der Waals surface area contributed by atoms with Crippen molar-refractivity contribution in [2.45, 2.75) is 71.3 Å². The van der Waals surface area contributed by atoms with Crippen LogP contribution in [-0.4, -0.2) is 29.6 Å². The molecule has 0 aliphatic carbocycles. The fraction of sp³-hybridized carbons (Fsp3) is 0.632. The molecule has 0 radical (unpaired) electrons. The molecule has 0 aliphatic heterocycles. The second kappa shape index (κ2) is 7.62. The Balaban J connectivity index is 3.16. The lowest BCUT2D eigenvalue weighted by Crippen LogP contribution is -2.42. The Morgan fingerprint density at radius 1 is 1.17 bits per heavy atom. The van der Waals surface area contributed by atoms with Crippen molar-refractivity contribution in [3.63, 3.8) is 0 Å². The second-order valence-corrected chi connectivity index (χ2v) is 15.5. The molecule has 0 spiro atoms. The van der Waals surface area contributed by atoms with Gasteiger partial charge in [-0.25, -0.2) is 4.21 Å². The molecule has 0 fully saturated rings. The number of rotatable bonds is 5. The Hall–Kier alpha value is -0.783. The molecule has 1 aromatic rings. The molecule has 0 bridgehead atoms. The maximum Gasteiger partial charge on any atom is 0.192 e. The highest BCUT2D eigenvalue weighted by molar-refractivity contribution is 7.85. The van der Waals surface area contributed by atoms with E-state index in [4.69, 9.17) is 4.43 Å². The first-order chi connectivity index (χ1) is 10.7. The fourth-order valence-electron chi connectivity index (χ4n) is 1.69. The highest BCUT2D eigenvalue weighted by atomic mass is 32.2. The van der Waals surface area contributed by atoms with E-state index in [1.807, 2.05) is 32.9 Å². The van der Waals surface area contributed by atoms with Crippen LogP contribution in [-0.2, 0) is 15.4 Å². The van der Waals surface area contributed by atoms with Gasteiger partial charge in [0.15, 0.2) is 8.32 Å². The normalized spacial score (nSPS) is 15.5. The molecule has 1 rings (SSSR count). The quantitative estimate of drug-likeness (QED) is 0.525. The monoisotopic (exact) mass is 367 g/mol. The smallest absolute Gasteiger partial charge is 0.192 e. The van der Waals surface area contributed by atoms with Crippen LogP contribution in [0.1, 0.15) is 52.7 Å². The highest BCUT2D eigenvalue weighted by Gasteiger charge is 2.37. The van der Waals surface area contributed by atoms with Gasteiger partial charge < -0.3 is 4.43 Å². The molecule has 24 heavy (non-hydrogen) atoms. The van der Waals surface area contributed by atoms with E-state index >= 15 is 0 Å². The van der Waals surface area contributed by atoms with Gasteiger partial charge in [-0.15, -0.1) is 0 Å². The van der Waals surface area contributed by atoms with Crippen molar-refractivity contribution in [1.29, 1.82) is 0 Å². The molecule has 0 unspecified atom stereocenters. The summed E-state index contributed by atoms with van der Waals surface area (Å²) < 4.78 is 23.0. The van der Waals surface area contributed by atoms with E-state index in [0.29, 0.717) is 6.61 Å². The van der Waals surface area contributed by atoms with Crippen molar-refractivity contribution in [2.24, 2.45) is 4.40 Å². The van der Waals surface area contributed by atoms with Crippen LogP contribution in [0.3, 0.4) is 0 Å². The van der Waals surface area contributed by atoms with E-state index < -0.39 is 19.3 Å². The van der Waals surface area contributed by atoms with Crippen LogP contribution >= 0.6 is 0 Å². The zero-order valence-corrected chi connectivity index (χ0v) is 18.5. The van der Waals surface area contributed by atoms with E-state index in [1.165, 1.54) is 0 Å². The summed E-state index contributed by atoms with van der Waals surface area (Å²) in [4.78, 5) is 0. The summed E-state index contributed by atoms with van der Waals surface area (Å²) in [5.41, 5.74) is 2.93. The lowest BCUT2D eigenvalue weighted by Gasteiger charge is -2.36. The molecule has 0 aliphatic rings. The number of aryl methyl sites for hydroxylation is 1. The predicted octanol–water partition coefficient (Wildman–Crippen LogP) is 5.27. The van der Waals surface area contributed by atoms with Crippen molar-refractivity contribution in [3.8, 4) is 0 Å². The van der Waals surface area contributed by atoms with Gasteiger partial charge in [-0.1, -0.05) is 50.6 Å². The largest absolute Gasteiger partial charge is 0.411 e. The summed E-state index contributed by atoms with van der Waals surface area (Å²) in [7, 11) is -3.19. The lowest BCUT2D eigenvalue weighted by molar-refractivity contribution is 0.340. The Kier molecular flexibility index (Phi) is 6.75. The van der Waals surface area contributed by atoms with Gasteiger partial charge >= 0.3 is 0 Å². The van der Waals surface area contributed by atoms with Crippen molar-refractivity contribution in [1.82, 2.24) is 0 Å². The van der Waals surface area contributed by atoms with Crippen molar-refractivity contribution >= 4 is 25.0 Å². The minimum Gasteiger partial charge on any atom is -0.411 e. The number of hydrogen-bond acceptors (Lipinski definition) is 2. The van der Waals surface area contributed by atoms with Crippen LogP contribution in [0, 0.1) is 6.92 Å². The molecular weight excluding hydrogens is 334 g/mol. The first-order valence-electron chi connectivity index (χ1n) is 8.44. The lowest BCUT2D eigenvalue weighted by atomic mass is 10.1. The van der Waals surface area contributed by atoms with Gasteiger partial charge in [-0.2, -0.15) is 4.40 Å². The summed E-state index contributed by atoms with van der Waals surface area (Å²) in [6.45, 7) is 19.4. The first-order valence-corrected chi connectivity index (χ1v) is 12.5. The van der Waals surface area contributed by atoms with Crippen LogP contribution in [0.2, 0.25) is 18.1 Å². The summed E-state index contributed by atoms with van der Waals surface area (Å²) >= 11 is 0. The molecule has 5 heteroatoms. The van der Waals surface area contributed by atoms with E-state index in [2.05, 4.69) is 57.3 Å². The van der Waals surface area contributed by atoms with Gasteiger partial charge in [0, 0.05) is 0 Å². The first kappa shape index (κ1) is 21.3. The summed E-state index contributed by atoms with van der Waals surface area (Å²) in [6, 6.07) is 8.15. The number of benzene rings is 1. The van der Waals surface area contributed by atoms with Crippen LogP contribution in [0.25, 0.3) is 0 Å². The Bertz CT molecular complexity index is 625. The molecule has 3 nitrogen and oxygen atoms in total. The van der Waals surface area contributed by atoms with Gasteiger partial charge in [-0.3, -0.25) is 0 Å². The zero-order chi connectivity index (χ0) is 18.8. The molecule has 0 amide bonds. The van der Waals surface area contributed by atoms with E-state index in [1.54, 1.807) is 0 Å². The maximum absolute atomic E-state index is 12.5. The molecular formula is C19H33NO2SSi. The third-order valence-corrected chi connectivity index (χ3v) is 10.4. The Morgan fingerprint density at radius 2 is 1.75 bits per heavy atom. The van der Waals surface area contributed by atoms with Gasteiger partial charge in [0.25, 0.3) is 0 Å². The molecule has 1 atom stereocenters. The number of hydrogen-bond donors (Lipinski definition) is 0. The van der Waals surface area contributed by atoms with Crippen LogP contribution in [0.15, 0.2) is 28.7 Å². The zero-order valence-electron chi connectivity index (χ0n) is 16.7. The third kappa shape index (κ3) is 5.94. The molecule has 0 heterocycles. The molecule has 0 saturated carbocycles. The topological polar surface area (TPSA) is 38.7 Å². The van der Waals surface area contributed by atoms with Crippen LogP contribution in [0.4, 0.5) is 0 Å². The Labute approximate surface area is 151 Å². The second-order valence-electron chi connectivity index (χ2n) is 8.82. The average Bonchev–Trinajstić information content (AvgIpc) is 2.40. The molecule has 136 valence electrons. The van der Waals surface area contributed by atoms with Crippen molar-refractivity contribution < 1.29 is 8.63 Å². The third-order valence-electron chi connectivity index (χ3n) is 4.44. The summed E-state index contributed by atoms with van der Waals surface area (Å²) in [6.07, 6.45) is 0. The molecule has 0 aromatic heterocycles. The SMILES string of the molecule is Cc1cccc(/C(CO[Si](C)(C)C(C)(C)C)=N\[S@](=O)C(C)(C)C)c1. The van der Waals surface area contributed by atoms with Gasteiger partial charge in [-0.05, 0) is 51.4 Å². The Morgan fingerprint density at radius 3 is 2.21 bits per heavy atom. The van der Waals surface area contributed by atoms with Gasteiger partial charge in [0.1, 0.15) is 11.0 Å². The summed E-state index contributed by atoms with van der Waals surface area (Å²) in [5.74, 6) is 0. The minimum atomic E-state index is -1.89. The average molecular weight is 368 g/mol. The molecule has 0 N–H and O–H groups in total. The van der Waals surface area contributed by atoms with Crippen molar-refractivity contribution in [2.75, 3.05) is 6.61 Å². The predicted molar refractivity (Wildman–Crippen MR) is 109 cm³/mol. The van der Waals surface area contributed by atoms with Crippen molar-refractivity contribution in [3.05, 3.63) is 35.4 Å². The standard InChI is InChI=1S/C19H33NO2SSi/c1-15-11-10-12-16(13-15)17(20-23(21)18(2,3)4)14-22-24(8,9)19(5,6)7/h10-13H,14H2,1-9H3/b20-17-/t23-/m1/s1. The van der Waals surface area contributed by atoms with E-state index in [-0.39, 0.29) is 9.79 Å². The highest BCUT2D eigenvalue weighted by Crippen LogP contribution is 2.36. The van der Waals surface area contributed by atoms with Crippen LogP contribution < -0.4 is 0 Å².